The Morgan fingerprint density at radius 1 is 1.13 bits per heavy atom. The van der Waals surface area contributed by atoms with Crippen molar-refractivity contribution < 1.29 is 14.7 Å². The van der Waals surface area contributed by atoms with E-state index < -0.39 is 17.8 Å². The molecule has 0 aliphatic heterocycles. The molecule has 10 heteroatoms. The van der Waals surface area contributed by atoms with Crippen molar-refractivity contribution in [1.29, 1.82) is 10.5 Å². The van der Waals surface area contributed by atoms with Gasteiger partial charge in [-0.25, -0.2) is 0 Å². The third-order valence-electron chi connectivity index (χ3n) is 6.32. The highest BCUT2D eigenvalue weighted by molar-refractivity contribution is 7.16. The van der Waals surface area contributed by atoms with Gasteiger partial charge in [0.2, 0.25) is 5.91 Å². The van der Waals surface area contributed by atoms with Crippen molar-refractivity contribution in [2.45, 2.75) is 66.2 Å². The number of carbonyl (C=O) groups is 2. The number of nitriles is 2. The van der Waals surface area contributed by atoms with E-state index in [0.717, 1.165) is 55.8 Å². The van der Waals surface area contributed by atoms with Gasteiger partial charge >= 0.3 is 5.97 Å². The summed E-state index contributed by atoms with van der Waals surface area (Å²) < 4.78 is 0. The van der Waals surface area contributed by atoms with Gasteiger partial charge in [-0.3, -0.25) is 9.59 Å². The maximum absolute atomic E-state index is 13.0. The van der Waals surface area contributed by atoms with Crippen LogP contribution >= 0.6 is 11.3 Å². The van der Waals surface area contributed by atoms with Gasteiger partial charge in [0, 0.05) is 25.2 Å². The largest absolute Gasteiger partial charge is 0.481 e. The molecule has 39 heavy (non-hydrogen) atoms. The number of amides is 1. The van der Waals surface area contributed by atoms with E-state index in [0.29, 0.717) is 26.8 Å². The normalized spacial score (nSPS) is 11.8. The van der Waals surface area contributed by atoms with E-state index >= 15 is 0 Å². The molecule has 0 aliphatic carbocycles. The first-order valence-electron chi connectivity index (χ1n) is 13.2. The molecular formula is C29H36N6O3S. The van der Waals surface area contributed by atoms with Crippen LogP contribution in [0.2, 0.25) is 0 Å². The summed E-state index contributed by atoms with van der Waals surface area (Å²) in [6.45, 7) is 9.39. The number of hydrogen-bond acceptors (Lipinski definition) is 8. The molecule has 0 fully saturated rings. The molecule has 2 rings (SSSR count). The van der Waals surface area contributed by atoms with E-state index in [1.807, 2.05) is 32.1 Å². The van der Waals surface area contributed by atoms with E-state index in [2.05, 4.69) is 39.5 Å². The third kappa shape index (κ3) is 9.05. The van der Waals surface area contributed by atoms with E-state index in [1.54, 1.807) is 19.1 Å². The zero-order valence-corrected chi connectivity index (χ0v) is 23.8. The SMILES string of the molecule is CCCCC/C=C/CC(CC(=O)Nc1cc(N(CC)CC)ccc1/N=N/c1sc(C#N)c(C)c1C#N)C(=O)O. The summed E-state index contributed by atoms with van der Waals surface area (Å²) in [5.41, 5.74) is 2.46. The number of allylic oxidation sites excluding steroid dienone is 2. The Balaban J connectivity index is 2.30. The number of carboxylic acid groups (broad SMARTS) is 1. The molecule has 9 nitrogen and oxygen atoms in total. The van der Waals surface area contributed by atoms with Crippen LogP contribution in [0.1, 0.15) is 75.3 Å². The van der Waals surface area contributed by atoms with E-state index in [1.165, 1.54) is 0 Å². The summed E-state index contributed by atoms with van der Waals surface area (Å²) in [5, 5.41) is 40.1. The fourth-order valence-corrected chi connectivity index (χ4v) is 4.87. The standard InChI is InChI=1S/C29H36N6O3S/c1-5-8-9-10-11-12-13-21(29(37)38)16-27(36)32-25-17-22(35(6-2)7-3)14-15-24(25)33-34-28-23(18-30)20(4)26(19-31)39-28/h11-12,14-15,17,21H,5-10,13,16H2,1-4H3,(H,32,36)(H,37,38)/b12-11+,34-33+. The van der Waals surface area contributed by atoms with Crippen LogP contribution in [-0.2, 0) is 9.59 Å². The second-order valence-corrected chi connectivity index (χ2v) is 10.0. The van der Waals surface area contributed by atoms with Crippen molar-refractivity contribution in [2.75, 3.05) is 23.3 Å². The first-order valence-corrected chi connectivity index (χ1v) is 14.0. The van der Waals surface area contributed by atoms with Gasteiger partial charge in [-0.05, 0) is 63.8 Å². The Labute approximate surface area is 234 Å². The lowest BCUT2D eigenvalue weighted by molar-refractivity contribution is -0.143. The number of azo groups is 1. The number of thiophene rings is 1. The molecule has 0 saturated heterocycles. The van der Waals surface area contributed by atoms with Crippen molar-refractivity contribution in [2.24, 2.45) is 16.1 Å². The predicted octanol–water partition coefficient (Wildman–Crippen LogP) is 7.62. The number of rotatable bonds is 15. The van der Waals surface area contributed by atoms with Crippen molar-refractivity contribution in [3.63, 3.8) is 0 Å². The molecule has 1 atom stereocenters. The van der Waals surface area contributed by atoms with Crippen LogP contribution in [0.5, 0.6) is 0 Å². The van der Waals surface area contributed by atoms with Gasteiger partial charge in [0.05, 0.1) is 17.2 Å². The Hall–Kier alpha value is -4.02. The van der Waals surface area contributed by atoms with Crippen molar-refractivity contribution in [3.8, 4) is 12.1 Å². The summed E-state index contributed by atoms with van der Waals surface area (Å²) >= 11 is 1.08. The molecular weight excluding hydrogens is 512 g/mol. The van der Waals surface area contributed by atoms with E-state index in [9.17, 15) is 25.2 Å². The number of carboxylic acids is 1. The van der Waals surface area contributed by atoms with Gasteiger partial charge in [0.25, 0.3) is 0 Å². The summed E-state index contributed by atoms with van der Waals surface area (Å²) in [5.74, 6) is -2.31. The zero-order chi connectivity index (χ0) is 28.8. The second kappa shape index (κ2) is 16.1. The average Bonchev–Trinajstić information content (AvgIpc) is 3.24. The zero-order valence-electron chi connectivity index (χ0n) is 23.0. The molecule has 0 bridgehead atoms. The predicted molar refractivity (Wildman–Crippen MR) is 155 cm³/mol. The molecule has 1 aromatic heterocycles. The molecule has 1 aromatic carbocycles. The highest BCUT2D eigenvalue weighted by atomic mass is 32.1. The minimum atomic E-state index is -1.02. The summed E-state index contributed by atoms with van der Waals surface area (Å²) in [7, 11) is 0. The lowest BCUT2D eigenvalue weighted by Crippen LogP contribution is -2.23. The average molecular weight is 549 g/mol. The molecule has 0 radical (unpaired) electrons. The smallest absolute Gasteiger partial charge is 0.307 e. The molecule has 2 aromatic rings. The molecule has 2 N–H and O–H groups in total. The van der Waals surface area contributed by atoms with E-state index in [4.69, 9.17) is 0 Å². The van der Waals surface area contributed by atoms with Crippen LogP contribution in [0.25, 0.3) is 0 Å². The number of aliphatic carboxylic acids is 1. The topological polar surface area (TPSA) is 142 Å². The number of carbonyl (C=O) groups excluding carboxylic acids is 1. The minimum Gasteiger partial charge on any atom is -0.481 e. The molecule has 0 aliphatic rings. The third-order valence-corrected chi connectivity index (χ3v) is 7.40. The highest BCUT2D eigenvalue weighted by Gasteiger charge is 2.21. The van der Waals surface area contributed by atoms with E-state index in [-0.39, 0.29) is 18.4 Å². The molecule has 1 unspecified atom stereocenters. The molecule has 206 valence electrons. The van der Waals surface area contributed by atoms with Crippen molar-refractivity contribution >= 4 is 45.3 Å². The highest BCUT2D eigenvalue weighted by Crippen LogP contribution is 2.37. The molecule has 0 saturated carbocycles. The van der Waals surface area contributed by atoms with Crippen LogP contribution in [0, 0.1) is 35.5 Å². The lowest BCUT2D eigenvalue weighted by Gasteiger charge is -2.22. The molecule has 1 heterocycles. The summed E-state index contributed by atoms with van der Waals surface area (Å²) in [6, 6.07) is 9.51. The van der Waals surface area contributed by atoms with Crippen LogP contribution in [0.3, 0.4) is 0 Å². The van der Waals surface area contributed by atoms with Gasteiger partial charge in [0.15, 0.2) is 5.00 Å². The maximum atomic E-state index is 13.0. The fraction of sp³-hybridized carbons (Fsp3) is 0.448. The van der Waals surface area contributed by atoms with Gasteiger partial charge in [-0.15, -0.1) is 21.6 Å². The van der Waals surface area contributed by atoms with Crippen molar-refractivity contribution in [1.82, 2.24) is 0 Å². The Morgan fingerprint density at radius 2 is 1.87 bits per heavy atom. The van der Waals surface area contributed by atoms with Gasteiger partial charge in [-0.1, -0.05) is 31.9 Å². The number of nitrogens with one attached hydrogen (secondary N) is 1. The van der Waals surface area contributed by atoms with Gasteiger partial charge in [-0.2, -0.15) is 10.5 Å². The number of nitrogens with zero attached hydrogens (tertiary/aromatic N) is 5. The number of anilines is 2. The monoisotopic (exact) mass is 548 g/mol. The van der Waals surface area contributed by atoms with Crippen LogP contribution in [0.4, 0.5) is 22.1 Å². The number of hydrogen-bond donors (Lipinski definition) is 2. The second-order valence-electron chi connectivity index (χ2n) is 9.02. The first kappa shape index (κ1) is 31.2. The lowest BCUT2D eigenvalue weighted by atomic mass is 10.0. The summed E-state index contributed by atoms with van der Waals surface area (Å²) in [6.07, 6.45) is 8.12. The molecule has 0 spiro atoms. The van der Waals surface area contributed by atoms with Crippen molar-refractivity contribution in [3.05, 3.63) is 46.4 Å². The Bertz CT molecular complexity index is 1280. The minimum absolute atomic E-state index is 0.186. The summed E-state index contributed by atoms with van der Waals surface area (Å²) in [4.78, 5) is 27.3. The first-order chi connectivity index (χ1) is 18.8. The van der Waals surface area contributed by atoms with Gasteiger partial charge < -0.3 is 15.3 Å². The van der Waals surface area contributed by atoms with Crippen LogP contribution in [0.15, 0.2) is 40.6 Å². The van der Waals surface area contributed by atoms with Gasteiger partial charge in [0.1, 0.15) is 22.7 Å². The quantitative estimate of drug-likeness (QED) is 0.133. The number of benzene rings is 1. The number of unbranched alkanes of at least 4 members (excludes halogenated alkanes) is 3. The molecule has 1 amide bonds. The Kier molecular flexibility index (Phi) is 12.8. The van der Waals surface area contributed by atoms with Crippen LogP contribution < -0.4 is 10.2 Å². The maximum Gasteiger partial charge on any atom is 0.307 e. The Morgan fingerprint density at radius 3 is 2.49 bits per heavy atom. The van der Waals surface area contributed by atoms with Crippen LogP contribution in [-0.4, -0.2) is 30.1 Å². The fourth-order valence-electron chi connectivity index (χ4n) is 3.99.